The zero-order valence-electron chi connectivity index (χ0n) is 8.20. The maximum absolute atomic E-state index is 11.4. The number of carbonyl (C=O) groups is 2. The minimum absolute atomic E-state index is 0.0850. The Bertz CT molecular complexity index is 380. The predicted octanol–water partition coefficient (Wildman–Crippen LogP) is -0.602. The zero-order valence-corrected chi connectivity index (χ0v) is 8.95. The molecule has 0 aliphatic rings. The van der Waals surface area contributed by atoms with Gasteiger partial charge in [0.05, 0.1) is 5.02 Å². The minimum atomic E-state index is -1.38. The standard InChI is InChI=1S/C9H10ClN3O3/c10-6-1-2-7(13-5-6)8(14)11-3-4-12-9(15)16/h1-2,5,12H,3-4H2,(H,11,14)(H,15,16)/p-1. The van der Waals surface area contributed by atoms with Gasteiger partial charge in [-0.2, -0.15) is 0 Å². The van der Waals surface area contributed by atoms with Crippen molar-refractivity contribution in [1.29, 1.82) is 0 Å². The molecule has 1 rings (SSSR count). The number of nitrogens with one attached hydrogen (secondary N) is 2. The molecule has 0 saturated carbocycles. The average molecular weight is 243 g/mol. The van der Waals surface area contributed by atoms with E-state index in [0.29, 0.717) is 5.02 Å². The van der Waals surface area contributed by atoms with Gasteiger partial charge in [0.25, 0.3) is 5.91 Å². The highest BCUT2D eigenvalue weighted by Gasteiger charge is 2.05. The van der Waals surface area contributed by atoms with Gasteiger partial charge < -0.3 is 20.5 Å². The Labute approximate surface area is 96.6 Å². The molecule has 0 aromatic carbocycles. The SMILES string of the molecule is O=C([O-])NCCNC(=O)c1ccc(Cl)cn1. The third kappa shape index (κ3) is 4.14. The number of amides is 2. The van der Waals surface area contributed by atoms with Crippen molar-refractivity contribution in [2.45, 2.75) is 0 Å². The van der Waals surface area contributed by atoms with Gasteiger partial charge in [-0.15, -0.1) is 0 Å². The van der Waals surface area contributed by atoms with Crippen molar-refractivity contribution in [3.8, 4) is 0 Å². The molecule has 1 aromatic rings. The van der Waals surface area contributed by atoms with Gasteiger partial charge in [0.2, 0.25) is 0 Å². The van der Waals surface area contributed by atoms with Crippen molar-refractivity contribution in [3.63, 3.8) is 0 Å². The summed E-state index contributed by atoms with van der Waals surface area (Å²) in [5.74, 6) is -0.392. The Kier molecular flexibility index (Phi) is 4.53. The van der Waals surface area contributed by atoms with Crippen LogP contribution < -0.4 is 15.7 Å². The molecule has 16 heavy (non-hydrogen) atoms. The van der Waals surface area contributed by atoms with Gasteiger partial charge in [-0.25, -0.2) is 4.98 Å². The molecular formula is C9H9ClN3O3-. The Morgan fingerprint density at radius 2 is 2.00 bits per heavy atom. The molecule has 6 nitrogen and oxygen atoms in total. The van der Waals surface area contributed by atoms with Crippen LogP contribution in [0.2, 0.25) is 5.02 Å². The number of carbonyl (C=O) groups excluding carboxylic acids is 2. The van der Waals surface area contributed by atoms with E-state index in [1.165, 1.54) is 12.3 Å². The summed E-state index contributed by atoms with van der Waals surface area (Å²) in [6.07, 6.45) is -0.0190. The van der Waals surface area contributed by atoms with E-state index in [-0.39, 0.29) is 18.8 Å². The Morgan fingerprint density at radius 3 is 2.56 bits per heavy atom. The van der Waals surface area contributed by atoms with Crippen molar-refractivity contribution in [2.24, 2.45) is 0 Å². The predicted molar refractivity (Wildman–Crippen MR) is 55.0 cm³/mol. The summed E-state index contributed by atoms with van der Waals surface area (Å²) in [5, 5.41) is 14.9. The topological polar surface area (TPSA) is 94.1 Å². The molecule has 0 saturated heterocycles. The van der Waals surface area contributed by atoms with Crippen molar-refractivity contribution in [2.75, 3.05) is 13.1 Å². The van der Waals surface area contributed by atoms with Gasteiger partial charge in [-0.3, -0.25) is 4.79 Å². The summed E-state index contributed by atoms with van der Waals surface area (Å²) in [5.41, 5.74) is 0.220. The van der Waals surface area contributed by atoms with Crippen LogP contribution in [0.25, 0.3) is 0 Å². The first-order chi connectivity index (χ1) is 7.59. The van der Waals surface area contributed by atoms with Crippen molar-refractivity contribution in [3.05, 3.63) is 29.0 Å². The molecule has 7 heteroatoms. The second-order valence-corrected chi connectivity index (χ2v) is 3.27. The Morgan fingerprint density at radius 1 is 1.31 bits per heavy atom. The van der Waals surface area contributed by atoms with Crippen LogP contribution in [0.3, 0.4) is 0 Å². The first kappa shape index (κ1) is 12.3. The quantitative estimate of drug-likeness (QED) is 0.689. The maximum atomic E-state index is 11.4. The van der Waals surface area contributed by atoms with Gasteiger partial charge in [-0.05, 0) is 12.1 Å². The Balaban J connectivity index is 2.35. The monoisotopic (exact) mass is 242 g/mol. The highest BCUT2D eigenvalue weighted by atomic mass is 35.5. The first-order valence-corrected chi connectivity index (χ1v) is 4.82. The fourth-order valence-electron chi connectivity index (χ4n) is 0.941. The minimum Gasteiger partial charge on any atom is -0.530 e. The number of halogens is 1. The smallest absolute Gasteiger partial charge is 0.269 e. The lowest BCUT2D eigenvalue weighted by Gasteiger charge is -2.07. The summed E-state index contributed by atoms with van der Waals surface area (Å²) in [6, 6.07) is 3.02. The highest BCUT2D eigenvalue weighted by molar-refractivity contribution is 6.30. The van der Waals surface area contributed by atoms with E-state index >= 15 is 0 Å². The number of aromatic nitrogens is 1. The van der Waals surface area contributed by atoms with Crippen LogP contribution in [-0.4, -0.2) is 30.1 Å². The fraction of sp³-hybridized carbons (Fsp3) is 0.222. The van der Waals surface area contributed by atoms with Crippen LogP contribution in [0.15, 0.2) is 18.3 Å². The largest absolute Gasteiger partial charge is 0.530 e. The third-order valence-electron chi connectivity index (χ3n) is 1.64. The molecule has 2 N–H and O–H groups in total. The summed E-state index contributed by atoms with van der Waals surface area (Å²) in [4.78, 5) is 25.2. The molecule has 0 aliphatic carbocycles. The molecule has 1 heterocycles. The number of hydrogen-bond donors (Lipinski definition) is 2. The average Bonchev–Trinajstić information content (AvgIpc) is 2.25. The molecule has 0 radical (unpaired) electrons. The van der Waals surface area contributed by atoms with Crippen molar-refractivity contribution in [1.82, 2.24) is 15.6 Å². The summed E-state index contributed by atoms with van der Waals surface area (Å²) in [7, 11) is 0. The van der Waals surface area contributed by atoms with Gasteiger partial charge >= 0.3 is 0 Å². The summed E-state index contributed by atoms with van der Waals surface area (Å²) in [6.45, 7) is 0.249. The maximum Gasteiger partial charge on any atom is 0.269 e. The normalized spacial score (nSPS) is 9.56. The molecule has 0 aliphatic heterocycles. The number of nitrogens with zero attached hydrogens (tertiary/aromatic N) is 1. The van der Waals surface area contributed by atoms with Crippen LogP contribution >= 0.6 is 11.6 Å². The van der Waals surface area contributed by atoms with Crippen molar-refractivity contribution >= 4 is 23.6 Å². The molecular weight excluding hydrogens is 234 g/mol. The van der Waals surface area contributed by atoms with E-state index in [2.05, 4.69) is 10.3 Å². The van der Waals surface area contributed by atoms with E-state index in [0.717, 1.165) is 0 Å². The number of carboxylic acid groups (broad SMARTS) is 1. The number of rotatable bonds is 4. The first-order valence-electron chi connectivity index (χ1n) is 4.44. The van der Waals surface area contributed by atoms with E-state index in [1.54, 1.807) is 6.07 Å². The highest BCUT2D eigenvalue weighted by Crippen LogP contribution is 2.05. The van der Waals surface area contributed by atoms with Crippen LogP contribution in [0.5, 0.6) is 0 Å². The number of pyridine rings is 1. The van der Waals surface area contributed by atoms with Gasteiger partial charge in [-0.1, -0.05) is 11.6 Å². The van der Waals surface area contributed by atoms with E-state index < -0.39 is 12.0 Å². The lowest BCUT2D eigenvalue weighted by atomic mass is 10.3. The molecule has 0 fully saturated rings. The van der Waals surface area contributed by atoms with Gasteiger partial charge in [0.1, 0.15) is 11.8 Å². The Hall–Kier alpha value is -1.82. The molecule has 0 unspecified atom stereocenters. The van der Waals surface area contributed by atoms with E-state index in [9.17, 15) is 14.7 Å². The van der Waals surface area contributed by atoms with Crippen LogP contribution in [0, 0.1) is 0 Å². The number of hydrogen-bond acceptors (Lipinski definition) is 4. The van der Waals surface area contributed by atoms with Gasteiger partial charge in [0, 0.05) is 19.3 Å². The van der Waals surface area contributed by atoms with Crippen LogP contribution in [-0.2, 0) is 0 Å². The van der Waals surface area contributed by atoms with Crippen LogP contribution in [0.1, 0.15) is 10.5 Å². The fourth-order valence-corrected chi connectivity index (χ4v) is 1.05. The zero-order chi connectivity index (χ0) is 12.0. The van der Waals surface area contributed by atoms with Gasteiger partial charge in [0.15, 0.2) is 0 Å². The molecule has 0 spiro atoms. The van der Waals surface area contributed by atoms with E-state index in [4.69, 9.17) is 11.6 Å². The molecule has 0 bridgehead atoms. The molecule has 2 amide bonds. The molecule has 86 valence electrons. The summed E-state index contributed by atoms with van der Waals surface area (Å²) >= 11 is 5.60. The summed E-state index contributed by atoms with van der Waals surface area (Å²) < 4.78 is 0. The second-order valence-electron chi connectivity index (χ2n) is 2.83. The lowest BCUT2D eigenvalue weighted by Crippen LogP contribution is -2.41. The van der Waals surface area contributed by atoms with Crippen molar-refractivity contribution < 1.29 is 14.7 Å². The third-order valence-corrected chi connectivity index (χ3v) is 1.86. The second kappa shape index (κ2) is 5.92. The molecule has 0 atom stereocenters. The lowest BCUT2D eigenvalue weighted by molar-refractivity contribution is -0.250. The van der Waals surface area contributed by atoms with Crippen LogP contribution in [0.4, 0.5) is 4.79 Å². The van der Waals surface area contributed by atoms with E-state index in [1.807, 2.05) is 5.32 Å². The molecule has 1 aromatic heterocycles.